The summed E-state index contributed by atoms with van der Waals surface area (Å²) in [4.78, 5) is 3.52. The SMILES string of the molecule is Cc1cc(-c2[nH]c3ccccc3c2C)cc(C(C)(C)C)c1O. The highest BCUT2D eigenvalue weighted by Crippen LogP contribution is 2.38. The Morgan fingerprint density at radius 2 is 1.68 bits per heavy atom. The molecule has 0 spiro atoms. The predicted molar refractivity (Wildman–Crippen MR) is 93.6 cm³/mol. The number of hydrogen-bond acceptors (Lipinski definition) is 1. The fraction of sp³-hybridized carbons (Fsp3) is 0.300. The van der Waals surface area contributed by atoms with Gasteiger partial charge in [0.2, 0.25) is 0 Å². The smallest absolute Gasteiger partial charge is 0.122 e. The summed E-state index contributed by atoms with van der Waals surface area (Å²) in [5.41, 5.74) is 6.48. The average molecular weight is 293 g/mol. The second kappa shape index (κ2) is 4.91. The van der Waals surface area contributed by atoms with Gasteiger partial charge in [-0.25, -0.2) is 0 Å². The van der Waals surface area contributed by atoms with Crippen molar-refractivity contribution in [2.75, 3.05) is 0 Å². The van der Waals surface area contributed by atoms with Gasteiger partial charge in [0, 0.05) is 22.2 Å². The molecular formula is C20H23NO. The van der Waals surface area contributed by atoms with Crippen LogP contribution in [0.15, 0.2) is 36.4 Å². The fourth-order valence-electron chi connectivity index (χ4n) is 3.07. The van der Waals surface area contributed by atoms with E-state index in [1.54, 1.807) is 0 Å². The minimum Gasteiger partial charge on any atom is -0.507 e. The van der Waals surface area contributed by atoms with Gasteiger partial charge in [0.05, 0.1) is 0 Å². The predicted octanol–water partition coefficient (Wildman–Crippen LogP) is 5.45. The highest BCUT2D eigenvalue weighted by molar-refractivity contribution is 5.90. The summed E-state index contributed by atoms with van der Waals surface area (Å²) < 4.78 is 0. The summed E-state index contributed by atoms with van der Waals surface area (Å²) in [7, 11) is 0. The molecule has 0 amide bonds. The molecule has 0 fully saturated rings. The Kier molecular flexibility index (Phi) is 3.28. The number of aromatic nitrogens is 1. The number of hydrogen-bond donors (Lipinski definition) is 2. The number of rotatable bonds is 1. The van der Waals surface area contributed by atoms with Gasteiger partial charge in [-0.15, -0.1) is 0 Å². The van der Waals surface area contributed by atoms with E-state index in [-0.39, 0.29) is 5.41 Å². The summed E-state index contributed by atoms with van der Waals surface area (Å²) >= 11 is 0. The quantitative estimate of drug-likeness (QED) is 0.614. The lowest BCUT2D eigenvalue weighted by Crippen LogP contribution is -2.12. The number of aromatic hydroxyl groups is 1. The molecular weight excluding hydrogens is 270 g/mol. The fourth-order valence-corrected chi connectivity index (χ4v) is 3.07. The monoisotopic (exact) mass is 293 g/mol. The van der Waals surface area contributed by atoms with Gasteiger partial charge in [-0.3, -0.25) is 0 Å². The molecule has 0 unspecified atom stereocenters. The molecule has 3 rings (SSSR count). The van der Waals surface area contributed by atoms with Gasteiger partial charge in [-0.2, -0.15) is 0 Å². The Balaban J connectivity index is 2.27. The van der Waals surface area contributed by atoms with E-state index in [0.29, 0.717) is 5.75 Å². The highest BCUT2D eigenvalue weighted by Gasteiger charge is 2.21. The minimum absolute atomic E-state index is 0.0925. The summed E-state index contributed by atoms with van der Waals surface area (Å²) in [5, 5.41) is 11.7. The third-order valence-electron chi connectivity index (χ3n) is 4.36. The molecule has 1 aromatic heterocycles. The molecule has 2 aromatic carbocycles. The molecule has 22 heavy (non-hydrogen) atoms. The zero-order valence-electron chi connectivity index (χ0n) is 13.9. The number of benzene rings is 2. The lowest BCUT2D eigenvalue weighted by atomic mass is 9.83. The summed E-state index contributed by atoms with van der Waals surface area (Å²) in [6.07, 6.45) is 0. The first-order chi connectivity index (χ1) is 10.3. The molecule has 3 aromatic rings. The van der Waals surface area contributed by atoms with Gasteiger partial charge < -0.3 is 10.1 Å². The van der Waals surface area contributed by atoms with Crippen LogP contribution >= 0.6 is 0 Å². The van der Waals surface area contributed by atoms with Crippen molar-refractivity contribution >= 4 is 10.9 Å². The van der Waals surface area contributed by atoms with Crippen molar-refractivity contribution in [1.29, 1.82) is 0 Å². The minimum atomic E-state index is -0.0925. The third-order valence-corrected chi connectivity index (χ3v) is 4.36. The van der Waals surface area contributed by atoms with E-state index in [2.05, 4.69) is 63.0 Å². The molecule has 114 valence electrons. The molecule has 0 saturated carbocycles. The normalized spacial score (nSPS) is 12.0. The zero-order chi connectivity index (χ0) is 16.1. The summed E-state index contributed by atoms with van der Waals surface area (Å²) in [6, 6.07) is 12.5. The van der Waals surface area contributed by atoms with Gasteiger partial charge >= 0.3 is 0 Å². The molecule has 2 heteroatoms. The van der Waals surface area contributed by atoms with E-state index in [1.807, 2.05) is 13.0 Å². The van der Waals surface area contributed by atoms with Crippen molar-refractivity contribution < 1.29 is 5.11 Å². The van der Waals surface area contributed by atoms with E-state index in [9.17, 15) is 5.11 Å². The van der Waals surface area contributed by atoms with Crippen molar-refractivity contribution in [3.63, 3.8) is 0 Å². The number of H-pyrrole nitrogens is 1. The number of nitrogens with one attached hydrogen (secondary N) is 1. The maximum absolute atomic E-state index is 10.4. The molecule has 2 N–H and O–H groups in total. The standard InChI is InChI=1S/C20H23NO/c1-12-10-14(11-16(19(12)22)20(3,4)5)18-13(2)15-8-6-7-9-17(15)21-18/h6-11,21-22H,1-5H3. The van der Waals surface area contributed by atoms with Crippen molar-refractivity contribution in [2.45, 2.75) is 40.0 Å². The second-order valence-corrected chi connectivity index (χ2v) is 7.11. The van der Waals surface area contributed by atoms with Crippen LogP contribution in [0, 0.1) is 13.8 Å². The number of aromatic amines is 1. The molecule has 1 heterocycles. The molecule has 0 aliphatic rings. The largest absolute Gasteiger partial charge is 0.507 e. The number of phenolic OH excluding ortho intramolecular Hbond substituents is 1. The van der Waals surface area contributed by atoms with Crippen LogP contribution in [0.1, 0.15) is 37.5 Å². The van der Waals surface area contributed by atoms with Gasteiger partial charge in [0.25, 0.3) is 0 Å². The van der Waals surface area contributed by atoms with Crippen LogP contribution in [0.3, 0.4) is 0 Å². The molecule has 0 atom stereocenters. The van der Waals surface area contributed by atoms with Crippen molar-refractivity contribution in [2.24, 2.45) is 0 Å². The topological polar surface area (TPSA) is 36.0 Å². The first-order valence-corrected chi connectivity index (χ1v) is 7.71. The van der Waals surface area contributed by atoms with Crippen LogP contribution in [0.5, 0.6) is 5.75 Å². The van der Waals surface area contributed by atoms with E-state index in [1.165, 1.54) is 10.9 Å². The first kappa shape index (κ1) is 14.7. The summed E-state index contributed by atoms with van der Waals surface area (Å²) in [6.45, 7) is 10.5. The molecule has 2 nitrogen and oxygen atoms in total. The Hall–Kier alpha value is -2.22. The number of para-hydroxylation sites is 1. The van der Waals surface area contributed by atoms with Crippen molar-refractivity contribution in [3.05, 3.63) is 53.1 Å². The molecule has 0 saturated heterocycles. The average Bonchev–Trinajstić information content (AvgIpc) is 2.78. The van der Waals surface area contributed by atoms with E-state index < -0.39 is 0 Å². The Morgan fingerprint density at radius 1 is 1.00 bits per heavy atom. The number of fused-ring (bicyclic) bond motifs is 1. The maximum atomic E-state index is 10.4. The molecule has 0 bridgehead atoms. The van der Waals surface area contributed by atoms with Crippen LogP contribution in [-0.2, 0) is 5.41 Å². The van der Waals surface area contributed by atoms with Crippen molar-refractivity contribution in [3.8, 4) is 17.0 Å². The second-order valence-electron chi connectivity index (χ2n) is 7.11. The van der Waals surface area contributed by atoms with Gasteiger partial charge in [-0.05, 0) is 54.2 Å². The number of aryl methyl sites for hydroxylation is 2. The molecule has 0 radical (unpaired) electrons. The van der Waals surface area contributed by atoms with Crippen LogP contribution < -0.4 is 0 Å². The zero-order valence-corrected chi connectivity index (χ0v) is 13.9. The van der Waals surface area contributed by atoms with Crippen molar-refractivity contribution in [1.82, 2.24) is 4.98 Å². The Morgan fingerprint density at radius 3 is 2.32 bits per heavy atom. The van der Waals surface area contributed by atoms with Gasteiger partial charge in [0.15, 0.2) is 0 Å². The maximum Gasteiger partial charge on any atom is 0.122 e. The van der Waals surface area contributed by atoms with Gasteiger partial charge in [-0.1, -0.05) is 39.0 Å². The Labute approximate surface area is 131 Å². The molecule has 0 aliphatic carbocycles. The van der Waals surface area contributed by atoms with Crippen LogP contribution in [0.2, 0.25) is 0 Å². The highest BCUT2D eigenvalue weighted by atomic mass is 16.3. The lowest BCUT2D eigenvalue weighted by Gasteiger charge is -2.22. The van der Waals surface area contributed by atoms with E-state index in [4.69, 9.17) is 0 Å². The van der Waals surface area contributed by atoms with E-state index >= 15 is 0 Å². The van der Waals surface area contributed by atoms with Crippen LogP contribution in [0.25, 0.3) is 22.2 Å². The van der Waals surface area contributed by atoms with E-state index in [0.717, 1.165) is 27.9 Å². The van der Waals surface area contributed by atoms with Crippen LogP contribution in [-0.4, -0.2) is 10.1 Å². The lowest BCUT2D eigenvalue weighted by molar-refractivity contribution is 0.443. The third kappa shape index (κ3) is 2.29. The molecule has 0 aliphatic heterocycles. The summed E-state index contributed by atoms with van der Waals surface area (Å²) in [5.74, 6) is 0.407. The van der Waals surface area contributed by atoms with Gasteiger partial charge in [0.1, 0.15) is 5.75 Å². The first-order valence-electron chi connectivity index (χ1n) is 7.71. The number of phenols is 1. The van der Waals surface area contributed by atoms with Crippen LogP contribution in [0.4, 0.5) is 0 Å². The Bertz CT molecular complexity index is 850.